The Balaban J connectivity index is 1.14. The number of benzene rings is 1. The van der Waals surface area contributed by atoms with Crippen molar-refractivity contribution in [1.82, 2.24) is 24.6 Å². The number of likely N-dealkylation sites (tertiary alicyclic amines) is 1. The number of hydrogen-bond donors (Lipinski definition) is 1. The van der Waals surface area contributed by atoms with E-state index in [4.69, 9.17) is 0 Å². The highest BCUT2D eigenvalue weighted by Crippen LogP contribution is 2.52. The smallest absolute Gasteiger partial charge is 0.222 e. The molecule has 174 valence electrons. The number of rotatable bonds is 7. The van der Waals surface area contributed by atoms with Gasteiger partial charge in [-0.05, 0) is 61.5 Å². The number of para-hydroxylation sites is 1. The number of aromatic amines is 1. The molecule has 1 saturated heterocycles. The summed E-state index contributed by atoms with van der Waals surface area (Å²) in [6, 6.07) is 8.42. The molecular formula is C27H35N5O. The molecule has 6 heteroatoms. The van der Waals surface area contributed by atoms with Gasteiger partial charge in [-0.25, -0.2) is 0 Å². The van der Waals surface area contributed by atoms with Crippen LogP contribution in [0.2, 0.25) is 0 Å². The number of aryl methyl sites for hydroxylation is 1. The van der Waals surface area contributed by atoms with Crippen LogP contribution in [0.5, 0.6) is 0 Å². The molecule has 1 atom stereocenters. The minimum Gasteiger partial charge on any atom is -0.361 e. The van der Waals surface area contributed by atoms with Gasteiger partial charge in [-0.3, -0.25) is 4.79 Å². The van der Waals surface area contributed by atoms with Gasteiger partial charge in [0.1, 0.15) is 12.2 Å². The third-order valence-electron chi connectivity index (χ3n) is 8.47. The molecule has 2 saturated carbocycles. The second kappa shape index (κ2) is 8.62. The molecule has 6 rings (SSSR count). The average Bonchev–Trinajstić information content (AvgIpc) is 3.22. The number of carbonyl (C=O) groups is 1. The van der Waals surface area contributed by atoms with Gasteiger partial charge in [-0.1, -0.05) is 37.5 Å². The summed E-state index contributed by atoms with van der Waals surface area (Å²) < 4.78 is 2.31. The van der Waals surface area contributed by atoms with Crippen molar-refractivity contribution in [3.63, 3.8) is 0 Å². The molecule has 2 aliphatic carbocycles. The van der Waals surface area contributed by atoms with E-state index >= 15 is 0 Å². The maximum atomic E-state index is 13.3. The lowest BCUT2D eigenvalue weighted by Crippen LogP contribution is -2.34. The fraction of sp³-hybridized carbons (Fsp3) is 0.593. The summed E-state index contributed by atoms with van der Waals surface area (Å²) in [7, 11) is 0. The predicted molar refractivity (Wildman–Crippen MR) is 129 cm³/mol. The van der Waals surface area contributed by atoms with Crippen LogP contribution in [0.25, 0.3) is 10.9 Å². The Bertz CT molecular complexity index is 1120. The van der Waals surface area contributed by atoms with E-state index < -0.39 is 0 Å². The molecule has 1 unspecified atom stereocenters. The summed E-state index contributed by atoms with van der Waals surface area (Å²) >= 11 is 0. The Morgan fingerprint density at radius 3 is 2.85 bits per heavy atom. The third-order valence-corrected chi connectivity index (χ3v) is 8.47. The van der Waals surface area contributed by atoms with E-state index in [1.54, 1.807) is 0 Å². The SMILES string of the molecule is O=C(CCCc1c[nH]c2ccccc12)N1CC(c2nncn2CC2CC2)C2(CCCCC2)C1. The number of nitrogens with zero attached hydrogens (tertiary/aromatic N) is 4. The van der Waals surface area contributed by atoms with Crippen molar-refractivity contribution in [3.05, 3.63) is 48.2 Å². The van der Waals surface area contributed by atoms with Crippen LogP contribution in [0.3, 0.4) is 0 Å². The van der Waals surface area contributed by atoms with Crippen LogP contribution in [0, 0.1) is 11.3 Å². The lowest BCUT2D eigenvalue weighted by molar-refractivity contribution is -0.130. The predicted octanol–water partition coefficient (Wildman–Crippen LogP) is 5.07. The van der Waals surface area contributed by atoms with Crippen LogP contribution in [0.1, 0.15) is 75.1 Å². The number of carbonyl (C=O) groups excluding carboxylic acids is 1. The molecule has 3 aromatic rings. The molecule has 1 N–H and O–H groups in total. The molecule has 1 aromatic carbocycles. The van der Waals surface area contributed by atoms with Crippen LogP contribution in [-0.4, -0.2) is 43.6 Å². The zero-order valence-corrected chi connectivity index (χ0v) is 19.5. The van der Waals surface area contributed by atoms with Gasteiger partial charge in [0, 0.05) is 49.1 Å². The fourth-order valence-electron chi connectivity index (χ4n) is 6.46. The minimum atomic E-state index is 0.194. The molecule has 1 aliphatic heterocycles. The van der Waals surface area contributed by atoms with Gasteiger partial charge in [-0.2, -0.15) is 0 Å². The van der Waals surface area contributed by atoms with Gasteiger partial charge in [-0.15, -0.1) is 10.2 Å². The molecule has 0 bridgehead atoms. The standard InChI is InChI=1S/C27H35N5O/c33-25(10-6-7-21-15-28-24-9-3-2-8-22(21)24)31-17-23(27(18-31)13-4-1-5-14-27)26-30-29-19-32(26)16-20-11-12-20/h2-3,8-9,15,19-20,23,28H,1,4-7,10-14,16-18H2. The van der Waals surface area contributed by atoms with Gasteiger partial charge in [0.2, 0.25) is 5.91 Å². The molecule has 33 heavy (non-hydrogen) atoms. The van der Waals surface area contributed by atoms with Crippen molar-refractivity contribution < 1.29 is 4.79 Å². The Hall–Kier alpha value is -2.63. The average molecular weight is 446 g/mol. The van der Waals surface area contributed by atoms with Crippen molar-refractivity contribution in [2.45, 2.75) is 76.7 Å². The normalized spacial score (nSPS) is 22.4. The van der Waals surface area contributed by atoms with E-state index in [-0.39, 0.29) is 5.41 Å². The lowest BCUT2D eigenvalue weighted by Gasteiger charge is -2.37. The number of hydrogen-bond acceptors (Lipinski definition) is 3. The highest BCUT2D eigenvalue weighted by Gasteiger charge is 2.50. The quantitative estimate of drug-likeness (QED) is 0.552. The summed E-state index contributed by atoms with van der Waals surface area (Å²) in [6.45, 7) is 2.77. The Labute approximate surface area is 195 Å². The first-order valence-corrected chi connectivity index (χ1v) is 12.9. The van der Waals surface area contributed by atoms with E-state index in [0.717, 1.165) is 44.2 Å². The number of aromatic nitrogens is 4. The van der Waals surface area contributed by atoms with E-state index in [1.807, 2.05) is 6.33 Å². The largest absolute Gasteiger partial charge is 0.361 e. The second-order valence-corrected chi connectivity index (χ2v) is 10.7. The lowest BCUT2D eigenvalue weighted by atomic mass is 9.67. The molecule has 3 aliphatic rings. The van der Waals surface area contributed by atoms with Gasteiger partial charge in [0.05, 0.1) is 0 Å². The zero-order chi connectivity index (χ0) is 22.3. The first-order valence-electron chi connectivity index (χ1n) is 12.9. The van der Waals surface area contributed by atoms with Crippen LogP contribution in [0.4, 0.5) is 0 Å². The molecule has 6 nitrogen and oxygen atoms in total. The summed E-state index contributed by atoms with van der Waals surface area (Å²) in [5, 5.41) is 10.2. The van der Waals surface area contributed by atoms with Crippen molar-refractivity contribution in [1.29, 1.82) is 0 Å². The molecule has 2 aromatic heterocycles. The first-order chi connectivity index (χ1) is 16.2. The highest BCUT2D eigenvalue weighted by molar-refractivity contribution is 5.83. The summed E-state index contributed by atoms with van der Waals surface area (Å²) in [5.74, 6) is 2.58. The Morgan fingerprint density at radius 2 is 2.00 bits per heavy atom. The number of H-pyrrole nitrogens is 1. The minimum absolute atomic E-state index is 0.194. The molecule has 3 heterocycles. The Morgan fingerprint density at radius 1 is 1.15 bits per heavy atom. The summed E-state index contributed by atoms with van der Waals surface area (Å²) in [4.78, 5) is 18.8. The van der Waals surface area contributed by atoms with Crippen molar-refractivity contribution in [2.75, 3.05) is 13.1 Å². The monoisotopic (exact) mass is 445 g/mol. The zero-order valence-electron chi connectivity index (χ0n) is 19.5. The fourth-order valence-corrected chi connectivity index (χ4v) is 6.46. The maximum Gasteiger partial charge on any atom is 0.222 e. The van der Waals surface area contributed by atoms with E-state index in [2.05, 4.69) is 55.1 Å². The Kier molecular flexibility index (Phi) is 5.47. The molecule has 1 amide bonds. The van der Waals surface area contributed by atoms with Crippen LogP contribution in [-0.2, 0) is 17.8 Å². The maximum absolute atomic E-state index is 13.3. The topological polar surface area (TPSA) is 66.8 Å². The van der Waals surface area contributed by atoms with Crippen molar-refractivity contribution >= 4 is 16.8 Å². The van der Waals surface area contributed by atoms with E-state index in [9.17, 15) is 4.79 Å². The summed E-state index contributed by atoms with van der Waals surface area (Å²) in [6.07, 6.45) is 15.4. The first kappa shape index (κ1) is 20.9. The molecular weight excluding hydrogens is 410 g/mol. The number of nitrogens with one attached hydrogen (secondary N) is 1. The van der Waals surface area contributed by atoms with Gasteiger partial charge < -0.3 is 14.5 Å². The van der Waals surface area contributed by atoms with E-state index in [0.29, 0.717) is 18.2 Å². The molecule has 3 fully saturated rings. The van der Waals surface area contributed by atoms with Gasteiger partial charge in [0.25, 0.3) is 0 Å². The molecule has 0 radical (unpaired) electrons. The number of fused-ring (bicyclic) bond motifs is 1. The van der Waals surface area contributed by atoms with E-state index in [1.165, 1.54) is 61.4 Å². The third kappa shape index (κ3) is 4.09. The highest BCUT2D eigenvalue weighted by atomic mass is 16.2. The summed E-state index contributed by atoms with van der Waals surface area (Å²) in [5.41, 5.74) is 2.68. The van der Waals surface area contributed by atoms with Gasteiger partial charge in [0.15, 0.2) is 0 Å². The van der Waals surface area contributed by atoms with Crippen molar-refractivity contribution in [2.24, 2.45) is 11.3 Å². The van der Waals surface area contributed by atoms with Gasteiger partial charge >= 0.3 is 0 Å². The second-order valence-electron chi connectivity index (χ2n) is 10.7. The van der Waals surface area contributed by atoms with Crippen LogP contribution >= 0.6 is 0 Å². The molecule has 1 spiro atoms. The van der Waals surface area contributed by atoms with Crippen LogP contribution in [0.15, 0.2) is 36.8 Å². The van der Waals surface area contributed by atoms with Crippen LogP contribution < -0.4 is 0 Å². The number of amides is 1. The van der Waals surface area contributed by atoms with Crippen molar-refractivity contribution in [3.8, 4) is 0 Å².